The van der Waals surface area contributed by atoms with E-state index in [1.807, 2.05) is 43.4 Å². The smallest absolute Gasteiger partial charge is 0.102 e. The van der Waals surface area contributed by atoms with E-state index in [1.54, 1.807) is 0 Å². The average Bonchev–Trinajstić information content (AvgIpc) is 2.27. The summed E-state index contributed by atoms with van der Waals surface area (Å²) in [6.07, 6.45) is 0. The van der Waals surface area contributed by atoms with Crippen molar-refractivity contribution in [2.75, 3.05) is 12.4 Å². The van der Waals surface area contributed by atoms with E-state index in [-0.39, 0.29) is 0 Å². The molecule has 0 fully saturated rings. The number of benzene rings is 2. The van der Waals surface area contributed by atoms with Crippen LogP contribution in [0.3, 0.4) is 0 Å². The minimum absolute atomic E-state index is 0.714. The third-order valence-corrected chi connectivity index (χ3v) is 2.31. The van der Waals surface area contributed by atoms with Gasteiger partial charge >= 0.3 is 0 Å². The Hall–Kier alpha value is -2.01. The lowest BCUT2D eigenvalue weighted by Crippen LogP contribution is -1.92. The fourth-order valence-electron chi connectivity index (χ4n) is 1.60. The minimum atomic E-state index is 0.714. The molecule has 0 saturated carbocycles. The number of anilines is 1. The number of hydrogen-bond donors (Lipinski definition) is 1. The first-order valence-corrected chi connectivity index (χ1v) is 4.46. The number of nitrogens with one attached hydrogen (secondary N) is 1. The molecular formula is C12H10N2. The van der Waals surface area contributed by atoms with Gasteiger partial charge in [-0.2, -0.15) is 5.26 Å². The van der Waals surface area contributed by atoms with Crippen LogP contribution in [-0.2, 0) is 0 Å². The van der Waals surface area contributed by atoms with E-state index >= 15 is 0 Å². The first-order chi connectivity index (χ1) is 6.86. The Morgan fingerprint density at radius 3 is 2.64 bits per heavy atom. The zero-order valence-electron chi connectivity index (χ0n) is 7.91. The van der Waals surface area contributed by atoms with Gasteiger partial charge in [-0.3, -0.25) is 0 Å². The standard InChI is InChI=1S/C12H10N2/c1-14-12-7-6-9-4-2-3-5-10(9)11(12)8-13/h2-7,14H,1H3. The lowest BCUT2D eigenvalue weighted by atomic mass is 10.0. The summed E-state index contributed by atoms with van der Waals surface area (Å²) in [4.78, 5) is 0. The van der Waals surface area contributed by atoms with E-state index in [9.17, 15) is 0 Å². The van der Waals surface area contributed by atoms with Crippen LogP contribution in [0, 0.1) is 11.3 Å². The topological polar surface area (TPSA) is 35.8 Å². The largest absolute Gasteiger partial charge is 0.387 e. The van der Waals surface area contributed by atoms with Crippen LogP contribution in [0.25, 0.3) is 10.8 Å². The molecule has 0 heterocycles. The van der Waals surface area contributed by atoms with Crippen molar-refractivity contribution in [1.82, 2.24) is 0 Å². The van der Waals surface area contributed by atoms with E-state index in [2.05, 4.69) is 11.4 Å². The molecule has 0 unspecified atom stereocenters. The average molecular weight is 182 g/mol. The monoisotopic (exact) mass is 182 g/mol. The molecular weight excluding hydrogens is 172 g/mol. The van der Waals surface area contributed by atoms with Gasteiger partial charge in [0.2, 0.25) is 0 Å². The molecule has 0 aliphatic heterocycles. The first-order valence-electron chi connectivity index (χ1n) is 4.46. The molecule has 0 radical (unpaired) electrons. The van der Waals surface area contributed by atoms with Gasteiger partial charge < -0.3 is 5.32 Å². The first kappa shape index (κ1) is 8.58. The van der Waals surface area contributed by atoms with Crippen LogP contribution in [0.1, 0.15) is 5.56 Å². The van der Waals surface area contributed by atoms with Gasteiger partial charge in [0.25, 0.3) is 0 Å². The molecule has 2 rings (SSSR count). The number of nitrogens with zero attached hydrogens (tertiary/aromatic N) is 1. The van der Waals surface area contributed by atoms with Gasteiger partial charge in [0.1, 0.15) is 6.07 Å². The summed E-state index contributed by atoms with van der Waals surface area (Å²) in [5.41, 5.74) is 1.59. The highest BCUT2D eigenvalue weighted by Crippen LogP contribution is 2.24. The molecule has 0 atom stereocenters. The molecule has 14 heavy (non-hydrogen) atoms. The van der Waals surface area contributed by atoms with Crippen LogP contribution in [0.5, 0.6) is 0 Å². The molecule has 0 bridgehead atoms. The van der Waals surface area contributed by atoms with Crippen LogP contribution in [0.2, 0.25) is 0 Å². The summed E-state index contributed by atoms with van der Waals surface area (Å²) in [7, 11) is 1.82. The summed E-state index contributed by atoms with van der Waals surface area (Å²) in [6.45, 7) is 0. The number of hydrogen-bond acceptors (Lipinski definition) is 2. The second-order valence-corrected chi connectivity index (χ2v) is 3.07. The Bertz CT molecular complexity index is 509. The Kier molecular flexibility index (Phi) is 2.08. The van der Waals surface area contributed by atoms with Crippen LogP contribution in [-0.4, -0.2) is 7.05 Å². The molecule has 0 amide bonds. The van der Waals surface area contributed by atoms with E-state index in [0.29, 0.717) is 5.56 Å². The van der Waals surface area contributed by atoms with Crippen molar-refractivity contribution in [3.05, 3.63) is 42.0 Å². The van der Waals surface area contributed by atoms with Crippen LogP contribution >= 0.6 is 0 Å². The third-order valence-electron chi connectivity index (χ3n) is 2.31. The highest BCUT2D eigenvalue weighted by Gasteiger charge is 2.04. The second kappa shape index (κ2) is 3.39. The number of rotatable bonds is 1. The van der Waals surface area contributed by atoms with Crippen LogP contribution in [0.15, 0.2) is 36.4 Å². The maximum atomic E-state index is 9.06. The Morgan fingerprint density at radius 1 is 1.14 bits per heavy atom. The third kappa shape index (κ3) is 1.20. The molecule has 0 spiro atoms. The molecule has 0 aliphatic carbocycles. The lowest BCUT2D eigenvalue weighted by Gasteiger charge is -2.05. The zero-order valence-corrected chi connectivity index (χ0v) is 7.91. The molecule has 2 heteroatoms. The quantitative estimate of drug-likeness (QED) is 0.736. The summed E-state index contributed by atoms with van der Waals surface area (Å²) < 4.78 is 0. The summed E-state index contributed by atoms with van der Waals surface area (Å²) in [5.74, 6) is 0. The number of nitriles is 1. The van der Waals surface area contributed by atoms with E-state index in [0.717, 1.165) is 16.5 Å². The van der Waals surface area contributed by atoms with E-state index < -0.39 is 0 Å². The van der Waals surface area contributed by atoms with E-state index in [1.165, 1.54) is 0 Å². The van der Waals surface area contributed by atoms with Gasteiger partial charge in [-0.1, -0.05) is 30.3 Å². The minimum Gasteiger partial charge on any atom is -0.387 e. The fraction of sp³-hybridized carbons (Fsp3) is 0.0833. The van der Waals surface area contributed by atoms with Crippen molar-refractivity contribution < 1.29 is 0 Å². The maximum absolute atomic E-state index is 9.06. The van der Waals surface area contributed by atoms with Crippen molar-refractivity contribution in [3.8, 4) is 6.07 Å². The van der Waals surface area contributed by atoms with Gasteiger partial charge in [0.15, 0.2) is 0 Å². The molecule has 0 saturated heterocycles. The molecule has 2 aromatic rings. The molecule has 0 aliphatic rings. The summed E-state index contributed by atoms with van der Waals surface area (Å²) >= 11 is 0. The van der Waals surface area contributed by atoms with Gasteiger partial charge in [-0.05, 0) is 11.5 Å². The molecule has 2 nitrogen and oxygen atoms in total. The Morgan fingerprint density at radius 2 is 1.93 bits per heavy atom. The predicted molar refractivity (Wildman–Crippen MR) is 58.2 cm³/mol. The fourth-order valence-corrected chi connectivity index (χ4v) is 1.60. The zero-order chi connectivity index (χ0) is 9.97. The van der Waals surface area contributed by atoms with E-state index in [4.69, 9.17) is 5.26 Å². The van der Waals surface area contributed by atoms with Gasteiger partial charge in [-0.25, -0.2) is 0 Å². The van der Waals surface area contributed by atoms with Gasteiger partial charge in [0, 0.05) is 12.4 Å². The highest BCUT2D eigenvalue weighted by molar-refractivity contribution is 5.92. The molecule has 68 valence electrons. The van der Waals surface area contributed by atoms with Crippen molar-refractivity contribution in [1.29, 1.82) is 5.26 Å². The summed E-state index contributed by atoms with van der Waals surface area (Å²) in [6, 6.07) is 14.1. The normalized spacial score (nSPS) is 9.71. The van der Waals surface area contributed by atoms with Gasteiger partial charge in [0.05, 0.1) is 11.3 Å². The SMILES string of the molecule is CNc1ccc2ccccc2c1C#N. The van der Waals surface area contributed by atoms with Crippen LogP contribution < -0.4 is 5.32 Å². The molecule has 2 aromatic carbocycles. The lowest BCUT2D eigenvalue weighted by molar-refractivity contribution is 1.46. The summed E-state index contributed by atoms with van der Waals surface area (Å²) in [5, 5.41) is 14.2. The Labute approximate surface area is 82.8 Å². The molecule has 0 aromatic heterocycles. The highest BCUT2D eigenvalue weighted by atomic mass is 14.8. The Balaban J connectivity index is 2.85. The van der Waals surface area contributed by atoms with Crippen molar-refractivity contribution >= 4 is 16.5 Å². The molecule has 1 N–H and O–H groups in total. The van der Waals surface area contributed by atoms with Crippen molar-refractivity contribution in [2.45, 2.75) is 0 Å². The maximum Gasteiger partial charge on any atom is 0.102 e. The van der Waals surface area contributed by atoms with Crippen molar-refractivity contribution in [2.24, 2.45) is 0 Å². The predicted octanol–water partition coefficient (Wildman–Crippen LogP) is 2.75. The van der Waals surface area contributed by atoms with Gasteiger partial charge in [-0.15, -0.1) is 0 Å². The second-order valence-electron chi connectivity index (χ2n) is 3.07. The van der Waals surface area contributed by atoms with Crippen LogP contribution in [0.4, 0.5) is 5.69 Å². The van der Waals surface area contributed by atoms with Crippen molar-refractivity contribution in [3.63, 3.8) is 0 Å². The number of fused-ring (bicyclic) bond motifs is 1.